The zero-order valence-electron chi connectivity index (χ0n) is 9.45. The third-order valence-corrected chi connectivity index (χ3v) is 3.60. The molecular weight excluding hydrogens is 184 g/mol. The Kier molecular flexibility index (Phi) is 3.08. The molecule has 1 aliphatic rings. The van der Waals surface area contributed by atoms with Gasteiger partial charge in [0.05, 0.1) is 5.54 Å². The lowest BCUT2D eigenvalue weighted by molar-refractivity contribution is 0.143. The molecule has 1 fully saturated rings. The number of hydrogen-bond donors (Lipinski definition) is 1. The first-order chi connectivity index (χ1) is 7.27. The zero-order chi connectivity index (χ0) is 10.7. The van der Waals surface area contributed by atoms with Crippen molar-refractivity contribution in [2.24, 2.45) is 5.73 Å². The Morgan fingerprint density at radius 1 is 1.20 bits per heavy atom. The number of benzene rings is 1. The predicted molar refractivity (Wildman–Crippen MR) is 63.7 cm³/mol. The molecule has 1 saturated heterocycles. The third kappa shape index (κ3) is 1.92. The zero-order valence-corrected chi connectivity index (χ0v) is 9.45. The standard InChI is InChI=1S/C13H20N2/c1-13(11-14,15-9-5-6-10-15)12-7-3-2-4-8-12/h2-4,7-8H,5-6,9-11,14H2,1H3. The van der Waals surface area contributed by atoms with Crippen LogP contribution in [0.3, 0.4) is 0 Å². The summed E-state index contributed by atoms with van der Waals surface area (Å²) in [7, 11) is 0. The summed E-state index contributed by atoms with van der Waals surface area (Å²) < 4.78 is 0. The van der Waals surface area contributed by atoms with Crippen LogP contribution in [0.1, 0.15) is 25.3 Å². The molecule has 0 aromatic heterocycles. The molecule has 1 heterocycles. The molecule has 1 unspecified atom stereocenters. The van der Waals surface area contributed by atoms with E-state index in [0.717, 1.165) is 0 Å². The molecule has 82 valence electrons. The number of nitrogens with zero attached hydrogens (tertiary/aromatic N) is 1. The normalized spacial score (nSPS) is 21.5. The van der Waals surface area contributed by atoms with Gasteiger partial charge in [-0.15, -0.1) is 0 Å². The van der Waals surface area contributed by atoms with Crippen LogP contribution in [0.5, 0.6) is 0 Å². The molecule has 15 heavy (non-hydrogen) atoms. The monoisotopic (exact) mass is 204 g/mol. The average Bonchev–Trinajstić information content (AvgIpc) is 2.83. The van der Waals surface area contributed by atoms with E-state index in [9.17, 15) is 0 Å². The first-order valence-corrected chi connectivity index (χ1v) is 5.78. The molecule has 2 heteroatoms. The number of rotatable bonds is 3. The van der Waals surface area contributed by atoms with Gasteiger partial charge in [0.1, 0.15) is 0 Å². The van der Waals surface area contributed by atoms with Crippen LogP contribution in [0, 0.1) is 0 Å². The van der Waals surface area contributed by atoms with Crippen LogP contribution < -0.4 is 5.73 Å². The maximum Gasteiger partial charge on any atom is 0.0555 e. The van der Waals surface area contributed by atoms with E-state index in [0.29, 0.717) is 6.54 Å². The number of nitrogens with two attached hydrogens (primary N) is 1. The molecular formula is C13H20N2. The smallest absolute Gasteiger partial charge is 0.0555 e. The van der Waals surface area contributed by atoms with Crippen LogP contribution in [-0.2, 0) is 5.54 Å². The summed E-state index contributed by atoms with van der Waals surface area (Å²) in [6.45, 7) is 5.32. The molecule has 0 spiro atoms. The van der Waals surface area contributed by atoms with Crippen LogP contribution in [0.25, 0.3) is 0 Å². The number of likely N-dealkylation sites (tertiary alicyclic amines) is 1. The van der Waals surface area contributed by atoms with Crippen molar-refractivity contribution >= 4 is 0 Å². The summed E-state index contributed by atoms with van der Waals surface area (Å²) in [5, 5.41) is 0. The van der Waals surface area contributed by atoms with E-state index in [2.05, 4.69) is 42.2 Å². The van der Waals surface area contributed by atoms with Crippen molar-refractivity contribution in [3.8, 4) is 0 Å². The van der Waals surface area contributed by atoms with E-state index in [1.807, 2.05) is 0 Å². The van der Waals surface area contributed by atoms with Crippen molar-refractivity contribution in [2.75, 3.05) is 19.6 Å². The second-order valence-electron chi connectivity index (χ2n) is 4.54. The van der Waals surface area contributed by atoms with Crippen LogP contribution in [0.4, 0.5) is 0 Å². The Bertz CT molecular complexity index is 304. The molecule has 1 aliphatic heterocycles. The quantitative estimate of drug-likeness (QED) is 0.815. The van der Waals surface area contributed by atoms with E-state index in [4.69, 9.17) is 5.73 Å². The van der Waals surface area contributed by atoms with Gasteiger partial charge in [0.2, 0.25) is 0 Å². The van der Waals surface area contributed by atoms with Crippen LogP contribution in [-0.4, -0.2) is 24.5 Å². The number of hydrogen-bond acceptors (Lipinski definition) is 2. The van der Waals surface area contributed by atoms with Gasteiger partial charge in [0.25, 0.3) is 0 Å². The lowest BCUT2D eigenvalue weighted by Crippen LogP contribution is -2.47. The maximum atomic E-state index is 5.98. The fourth-order valence-electron chi connectivity index (χ4n) is 2.44. The Hall–Kier alpha value is -0.860. The summed E-state index contributed by atoms with van der Waals surface area (Å²) in [6.07, 6.45) is 2.62. The Labute approximate surface area is 92.1 Å². The SMILES string of the molecule is CC(CN)(c1ccccc1)N1CCCC1. The van der Waals surface area contributed by atoms with Crippen molar-refractivity contribution in [3.05, 3.63) is 35.9 Å². The molecule has 0 aliphatic carbocycles. The highest BCUT2D eigenvalue weighted by Crippen LogP contribution is 2.30. The van der Waals surface area contributed by atoms with Gasteiger partial charge >= 0.3 is 0 Å². The second kappa shape index (κ2) is 4.33. The van der Waals surface area contributed by atoms with E-state index in [1.54, 1.807) is 0 Å². The average molecular weight is 204 g/mol. The fraction of sp³-hybridized carbons (Fsp3) is 0.538. The second-order valence-corrected chi connectivity index (χ2v) is 4.54. The lowest BCUT2D eigenvalue weighted by atomic mass is 9.90. The summed E-state index contributed by atoms with van der Waals surface area (Å²) in [5.41, 5.74) is 7.34. The van der Waals surface area contributed by atoms with Crippen molar-refractivity contribution in [1.82, 2.24) is 4.90 Å². The lowest BCUT2D eigenvalue weighted by Gasteiger charge is -2.38. The van der Waals surface area contributed by atoms with E-state index in [1.165, 1.54) is 31.5 Å². The van der Waals surface area contributed by atoms with Crippen molar-refractivity contribution in [3.63, 3.8) is 0 Å². The molecule has 0 amide bonds. The van der Waals surface area contributed by atoms with Gasteiger partial charge < -0.3 is 5.73 Å². The van der Waals surface area contributed by atoms with Gasteiger partial charge in [0, 0.05) is 6.54 Å². The largest absolute Gasteiger partial charge is 0.328 e. The van der Waals surface area contributed by atoms with E-state index in [-0.39, 0.29) is 5.54 Å². The van der Waals surface area contributed by atoms with Gasteiger partial charge in [-0.1, -0.05) is 30.3 Å². The molecule has 0 radical (unpaired) electrons. The highest BCUT2D eigenvalue weighted by molar-refractivity contribution is 5.24. The highest BCUT2D eigenvalue weighted by atomic mass is 15.2. The first kappa shape index (κ1) is 10.7. The Morgan fingerprint density at radius 2 is 1.80 bits per heavy atom. The molecule has 0 saturated carbocycles. The van der Waals surface area contributed by atoms with Crippen LogP contribution in [0.2, 0.25) is 0 Å². The molecule has 2 nitrogen and oxygen atoms in total. The molecule has 1 atom stereocenters. The topological polar surface area (TPSA) is 29.3 Å². The maximum absolute atomic E-state index is 5.98. The predicted octanol–water partition coefficient (Wildman–Crippen LogP) is 1.96. The molecule has 0 bridgehead atoms. The van der Waals surface area contributed by atoms with Gasteiger partial charge in [0.15, 0.2) is 0 Å². The Balaban J connectivity index is 2.28. The fourth-order valence-corrected chi connectivity index (χ4v) is 2.44. The molecule has 1 aromatic carbocycles. The molecule has 2 rings (SSSR count). The van der Waals surface area contributed by atoms with Gasteiger partial charge in [-0.25, -0.2) is 0 Å². The minimum Gasteiger partial charge on any atom is -0.328 e. The first-order valence-electron chi connectivity index (χ1n) is 5.78. The van der Waals surface area contributed by atoms with Crippen LogP contribution in [0.15, 0.2) is 30.3 Å². The highest BCUT2D eigenvalue weighted by Gasteiger charge is 2.33. The summed E-state index contributed by atoms with van der Waals surface area (Å²) in [5.74, 6) is 0. The minimum absolute atomic E-state index is 0.0256. The minimum atomic E-state index is 0.0256. The van der Waals surface area contributed by atoms with Crippen LogP contribution >= 0.6 is 0 Å². The summed E-state index contributed by atoms with van der Waals surface area (Å²) in [6, 6.07) is 10.6. The van der Waals surface area contributed by atoms with E-state index >= 15 is 0 Å². The summed E-state index contributed by atoms with van der Waals surface area (Å²) >= 11 is 0. The molecule has 2 N–H and O–H groups in total. The van der Waals surface area contributed by atoms with Gasteiger partial charge in [-0.3, -0.25) is 4.90 Å². The third-order valence-electron chi connectivity index (χ3n) is 3.60. The van der Waals surface area contributed by atoms with Crippen molar-refractivity contribution in [1.29, 1.82) is 0 Å². The van der Waals surface area contributed by atoms with Gasteiger partial charge in [-0.2, -0.15) is 0 Å². The molecule has 1 aromatic rings. The van der Waals surface area contributed by atoms with E-state index < -0.39 is 0 Å². The Morgan fingerprint density at radius 3 is 2.33 bits per heavy atom. The van der Waals surface area contributed by atoms with Crippen molar-refractivity contribution < 1.29 is 0 Å². The van der Waals surface area contributed by atoms with Crippen molar-refractivity contribution in [2.45, 2.75) is 25.3 Å². The van der Waals surface area contributed by atoms with Gasteiger partial charge in [-0.05, 0) is 38.4 Å². The summed E-state index contributed by atoms with van der Waals surface area (Å²) in [4.78, 5) is 2.52.